The largest absolute Gasteiger partial charge is 0.356 e. The molecule has 1 aromatic heterocycles. The predicted octanol–water partition coefficient (Wildman–Crippen LogP) is 1.98. The molecular formula is C20H31N5O. The van der Waals surface area contributed by atoms with Crippen LogP contribution in [0.5, 0.6) is 0 Å². The number of rotatable bonds is 5. The molecule has 2 atom stereocenters. The Labute approximate surface area is 156 Å². The smallest absolute Gasteiger partial charge is 0.222 e. The van der Waals surface area contributed by atoms with Crippen molar-refractivity contribution in [1.82, 2.24) is 19.8 Å². The number of hydrogen-bond acceptors (Lipinski definition) is 5. The zero-order valence-corrected chi connectivity index (χ0v) is 16.1. The van der Waals surface area contributed by atoms with Crippen molar-refractivity contribution in [3.05, 3.63) is 18.1 Å². The molecule has 0 radical (unpaired) electrons. The fourth-order valence-electron chi connectivity index (χ4n) is 4.67. The fourth-order valence-corrected chi connectivity index (χ4v) is 4.67. The molecule has 6 heteroatoms. The van der Waals surface area contributed by atoms with E-state index in [1.54, 1.807) is 6.33 Å². The van der Waals surface area contributed by atoms with E-state index in [4.69, 9.17) is 0 Å². The average molecular weight is 358 g/mol. The second-order valence-electron chi connectivity index (χ2n) is 8.48. The summed E-state index contributed by atoms with van der Waals surface area (Å²) in [6, 6.07) is 2.16. The Morgan fingerprint density at radius 1 is 1.08 bits per heavy atom. The van der Waals surface area contributed by atoms with Crippen molar-refractivity contribution in [2.45, 2.75) is 39.0 Å². The van der Waals surface area contributed by atoms with Crippen molar-refractivity contribution in [3.63, 3.8) is 0 Å². The Kier molecular flexibility index (Phi) is 5.11. The van der Waals surface area contributed by atoms with E-state index in [9.17, 15) is 4.79 Å². The van der Waals surface area contributed by atoms with E-state index >= 15 is 0 Å². The maximum Gasteiger partial charge on any atom is 0.222 e. The zero-order valence-electron chi connectivity index (χ0n) is 16.1. The lowest BCUT2D eigenvalue weighted by Crippen LogP contribution is -2.41. The van der Waals surface area contributed by atoms with Gasteiger partial charge in [-0.1, -0.05) is 13.8 Å². The van der Waals surface area contributed by atoms with Gasteiger partial charge in [0.05, 0.1) is 0 Å². The Hall–Kier alpha value is -1.69. The maximum atomic E-state index is 12.0. The first-order valence-electron chi connectivity index (χ1n) is 10.2. The highest BCUT2D eigenvalue weighted by Crippen LogP contribution is 2.33. The summed E-state index contributed by atoms with van der Waals surface area (Å²) in [5.41, 5.74) is 1.12. The summed E-state index contributed by atoms with van der Waals surface area (Å²) in [5.74, 6) is 3.33. The van der Waals surface area contributed by atoms with E-state index < -0.39 is 0 Å². The van der Waals surface area contributed by atoms with Gasteiger partial charge < -0.3 is 14.7 Å². The lowest BCUT2D eigenvalue weighted by atomic mass is 10.0. The molecule has 0 aromatic carbocycles. The molecule has 6 nitrogen and oxygen atoms in total. The average Bonchev–Trinajstić information content (AvgIpc) is 3.20. The minimum Gasteiger partial charge on any atom is -0.356 e. The van der Waals surface area contributed by atoms with Crippen molar-refractivity contribution in [3.8, 4) is 0 Å². The number of nitrogens with zero attached hydrogens (tertiary/aromatic N) is 5. The number of fused-ring (bicyclic) bond motifs is 1. The third kappa shape index (κ3) is 3.70. The van der Waals surface area contributed by atoms with Gasteiger partial charge in [0.2, 0.25) is 5.91 Å². The number of carbonyl (C=O) groups is 1. The summed E-state index contributed by atoms with van der Waals surface area (Å²) < 4.78 is 0. The van der Waals surface area contributed by atoms with Crippen LogP contribution in [0.4, 0.5) is 5.82 Å². The highest BCUT2D eigenvalue weighted by Gasteiger charge is 2.40. The van der Waals surface area contributed by atoms with Crippen LogP contribution in [0.2, 0.25) is 0 Å². The molecule has 4 heterocycles. The molecule has 0 aliphatic carbocycles. The molecule has 3 aliphatic heterocycles. The monoisotopic (exact) mass is 357 g/mol. The van der Waals surface area contributed by atoms with Crippen LogP contribution in [0.25, 0.3) is 0 Å². The van der Waals surface area contributed by atoms with Gasteiger partial charge in [-0.2, -0.15) is 0 Å². The molecule has 0 saturated carbocycles. The van der Waals surface area contributed by atoms with Crippen LogP contribution in [0.3, 0.4) is 0 Å². The molecule has 3 fully saturated rings. The predicted molar refractivity (Wildman–Crippen MR) is 102 cm³/mol. The number of hydrogen-bond donors (Lipinski definition) is 0. The van der Waals surface area contributed by atoms with Gasteiger partial charge in [-0.3, -0.25) is 4.79 Å². The molecule has 4 rings (SSSR count). The third-order valence-corrected chi connectivity index (χ3v) is 6.26. The van der Waals surface area contributed by atoms with Crippen molar-refractivity contribution in [1.29, 1.82) is 0 Å². The summed E-state index contributed by atoms with van der Waals surface area (Å²) >= 11 is 0. The molecule has 0 spiro atoms. The minimum absolute atomic E-state index is 0.353. The van der Waals surface area contributed by atoms with Crippen LogP contribution in [-0.2, 0) is 4.79 Å². The van der Waals surface area contributed by atoms with Crippen molar-refractivity contribution in [2.24, 2.45) is 11.8 Å². The molecule has 142 valence electrons. The van der Waals surface area contributed by atoms with Gasteiger partial charge >= 0.3 is 0 Å². The van der Waals surface area contributed by atoms with Gasteiger partial charge in [0.1, 0.15) is 12.1 Å². The maximum absolute atomic E-state index is 12.0. The summed E-state index contributed by atoms with van der Waals surface area (Å²) in [6.07, 6.45) is 4.70. The fraction of sp³-hybridized carbons (Fsp3) is 0.750. The number of anilines is 1. The van der Waals surface area contributed by atoms with Crippen LogP contribution in [-0.4, -0.2) is 71.5 Å². The molecular weight excluding hydrogens is 326 g/mol. The normalized spacial score (nSPS) is 26.8. The van der Waals surface area contributed by atoms with Crippen LogP contribution in [0.1, 0.15) is 44.7 Å². The Bertz CT molecular complexity index is 635. The first-order chi connectivity index (χ1) is 12.6. The van der Waals surface area contributed by atoms with Crippen LogP contribution >= 0.6 is 0 Å². The number of carbonyl (C=O) groups excluding carboxylic acids is 1. The molecule has 1 amide bonds. The summed E-state index contributed by atoms with van der Waals surface area (Å²) in [6.45, 7) is 11.8. The first-order valence-corrected chi connectivity index (χ1v) is 10.2. The van der Waals surface area contributed by atoms with E-state index in [0.29, 0.717) is 11.8 Å². The highest BCUT2D eigenvalue weighted by atomic mass is 16.2. The van der Waals surface area contributed by atoms with Gasteiger partial charge in [0.15, 0.2) is 0 Å². The van der Waals surface area contributed by atoms with E-state index in [0.717, 1.165) is 82.0 Å². The molecule has 3 aliphatic rings. The van der Waals surface area contributed by atoms with Crippen molar-refractivity contribution in [2.75, 3.05) is 50.7 Å². The number of amides is 1. The van der Waals surface area contributed by atoms with Crippen LogP contribution in [0, 0.1) is 11.8 Å². The third-order valence-electron chi connectivity index (χ3n) is 6.26. The van der Waals surface area contributed by atoms with Gasteiger partial charge in [0.25, 0.3) is 0 Å². The Morgan fingerprint density at radius 2 is 1.85 bits per heavy atom. The first kappa shape index (κ1) is 17.7. The van der Waals surface area contributed by atoms with E-state index in [2.05, 4.69) is 44.6 Å². The van der Waals surface area contributed by atoms with Crippen molar-refractivity contribution < 1.29 is 4.79 Å². The number of piperidine rings is 1. The van der Waals surface area contributed by atoms with Crippen LogP contribution in [0.15, 0.2) is 12.4 Å². The van der Waals surface area contributed by atoms with E-state index in [1.165, 1.54) is 6.42 Å². The molecule has 1 aromatic rings. The minimum atomic E-state index is 0.353. The standard InChI is InChI=1S/C20H31N5O/c1-15(2)18-9-19(22-14-21-18)25-12-16-10-23(11-17(16)13-25)7-8-24-6-4-3-5-20(24)26/h9,14-17H,3-8,10-13H2,1-2H3. The summed E-state index contributed by atoms with van der Waals surface area (Å²) in [5, 5.41) is 0. The Balaban J connectivity index is 1.29. The number of aromatic nitrogens is 2. The molecule has 0 bridgehead atoms. The number of likely N-dealkylation sites (tertiary alicyclic amines) is 2. The van der Waals surface area contributed by atoms with Gasteiger partial charge in [-0.25, -0.2) is 9.97 Å². The molecule has 2 unspecified atom stereocenters. The zero-order chi connectivity index (χ0) is 18.1. The van der Waals surface area contributed by atoms with Gasteiger partial charge in [0, 0.05) is 64.0 Å². The quantitative estimate of drug-likeness (QED) is 0.807. The Morgan fingerprint density at radius 3 is 2.54 bits per heavy atom. The van der Waals surface area contributed by atoms with E-state index in [-0.39, 0.29) is 0 Å². The van der Waals surface area contributed by atoms with E-state index in [1.807, 2.05) is 0 Å². The second kappa shape index (κ2) is 7.51. The van der Waals surface area contributed by atoms with Crippen LogP contribution < -0.4 is 4.90 Å². The summed E-state index contributed by atoms with van der Waals surface area (Å²) in [7, 11) is 0. The lowest BCUT2D eigenvalue weighted by Gasteiger charge is -2.29. The highest BCUT2D eigenvalue weighted by molar-refractivity contribution is 5.76. The molecule has 26 heavy (non-hydrogen) atoms. The second-order valence-corrected chi connectivity index (χ2v) is 8.48. The lowest BCUT2D eigenvalue weighted by molar-refractivity contribution is -0.133. The van der Waals surface area contributed by atoms with Crippen molar-refractivity contribution >= 4 is 11.7 Å². The topological polar surface area (TPSA) is 52.6 Å². The molecule has 3 saturated heterocycles. The molecule has 0 N–H and O–H groups in total. The van der Waals surface area contributed by atoms with Gasteiger partial charge in [-0.05, 0) is 30.6 Å². The summed E-state index contributed by atoms with van der Waals surface area (Å²) in [4.78, 5) is 27.9. The SMILES string of the molecule is CC(C)c1cc(N2CC3CN(CCN4CCCCC4=O)CC3C2)ncn1. The van der Waals surface area contributed by atoms with Gasteiger partial charge in [-0.15, -0.1) is 0 Å².